The van der Waals surface area contributed by atoms with Gasteiger partial charge >= 0.3 is 0 Å². The smallest absolute Gasteiger partial charge is 0.221 e. The van der Waals surface area contributed by atoms with Gasteiger partial charge in [0.1, 0.15) is 0 Å². The molecule has 0 bridgehead atoms. The zero-order chi connectivity index (χ0) is 13.3. The molecule has 0 aromatic carbocycles. The maximum atomic E-state index is 11.4. The lowest BCUT2D eigenvalue weighted by Gasteiger charge is -2.12. The third kappa shape index (κ3) is 9.81. The van der Waals surface area contributed by atoms with Crippen LogP contribution in [0.4, 0.5) is 0 Å². The van der Waals surface area contributed by atoms with Crippen molar-refractivity contribution in [3.05, 3.63) is 0 Å². The van der Waals surface area contributed by atoms with E-state index >= 15 is 0 Å². The molecule has 0 aliphatic carbocycles. The van der Waals surface area contributed by atoms with Gasteiger partial charge in [0.05, 0.1) is 0 Å². The Hall–Kier alpha value is -1.10. The number of nitrogens with one attached hydrogen (secondary N) is 3. The fourth-order valence-electron chi connectivity index (χ4n) is 1.48. The molecule has 5 nitrogen and oxygen atoms in total. The lowest BCUT2D eigenvalue weighted by Crippen LogP contribution is -2.36. The van der Waals surface area contributed by atoms with Crippen LogP contribution in [0, 0.1) is 0 Å². The van der Waals surface area contributed by atoms with Gasteiger partial charge in [0, 0.05) is 31.5 Å². The van der Waals surface area contributed by atoms with E-state index < -0.39 is 0 Å². The van der Waals surface area contributed by atoms with E-state index in [1.165, 1.54) is 0 Å². The van der Waals surface area contributed by atoms with Crippen LogP contribution in [0.3, 0.4) is 0 Å². The van der Waals surface area contributed by atoms with Crippen molar-refractivity contribution in [3.63, 3.8) is 0 Å². The van der Waals surface area contributed by atoms with Gasteiger partial charge < -0.3 is 16.0 Å². The van der Waals surface area contributed by atoms with Gasteiger partial charge in [-0.15, -0.1) is 0 Å². The van der Waals surface area contributed by atoms with Crippen molar-refractivity contribution < 1.29 is 9.59 Å². The molecule has 2 amide bonds. The summed E-state index contributed by atoms with van der Waals surface area (Å²) in [5, 5.41) is 8.67. The van der Waals surface area contributed by atoms with Crippen molar-refractivity contribution in [2.24, 2.45) is 0 Å². The first-order chi connectivity index (χ1) is 7.95. The van der Waals surface area contributed by atoms with E-state index in [2.05, 4.69) is 16.0 Å². The molecule has 0 spiro atoms. The number of carbonyl (C=O) groups is 2. The van der Waals surface area contributed by atoms with E-state index in [-0.39, 0.29) is 23.9 Å². The third-order valence-corrected chi connectivity index (χ3v) is 2.17. The Kier molecular flexibility index (Phi) is 8.40. The summed E-state index contributed by atoms with van der Waals surface area (Å²) >= 11 is 0. The Morgan fingerprint density at radius 1 is 1.12 bits per heavy atom. The predicted molar refractivity (Wildman–Crippen MR) is 68.7 cm³/mol. The SMILES string of the molecule is CCNC(C)CC(=O)NCCC(=O)NC(C)C. The molecule has 5 heteroatoms. The number of hydrogen-bond acceptors (Lipinski definition) is 3. The number of amides is 2. The van der Waals surface area contributed by atoms with Gasteiger partial charge in [-0.05, 0) is 27.3 Å². The molecule has 0 fully saturated rings. The average Bonchev–Trinajstić information content (AvgIpc) is 2.16. The molecular formula is C12H25N3O2. The molecule has 0 heterocycles. The zero-order valence-electron chi connectivity index (χ0n) is 11.3. The Bertz CT molecular complexity index is 242. The van der Waals surface area contributed by atoms with E-state index in [9.17, 15) is 9.59 Å². The average molecular weight is 243 g/mol. The van der Waals surface area contributed by atoms with Gasteiger partial charge in [-0.1, -0.05) is 6.92 Å². The largest absolute Gasteiger partial charge is 0.356 e. The molecule has 1 unspecified atom stereocenters. The summed E-state index contributed by atoms with van der Waals surface area (Å²) in [5.74, 6) is -0.0455. The van der Waals surface area contributed by atoms with Gasteiger partial charge in [0.15, 0.2) is 0 Å². The fourth-order valence-corrected chi connectivity index (χ4v) is 1.48. The second kappa shape index (κ2) is 8.98. The first-order valence-electron chi connectivity index (χ1n) is 6.25. The molecule has 17 heavy (non-hydrogen) atoms. The van der Waals surface area contributed by atoms with Crippen molar-refractivity contribution in [1.82, 2.24) is 16.0 Å². The van der Waals surface area contributed by atoms with Crippen LogP contribution in [0.1, 0.15) is 40.5 Å². The molecule has 0 rings (SSSR count). The molecule has 0 aliphatic heterocycles. The van der Waals surface area contributed by atoms with E-state index in [0.717, 1.165) is 6.54 Å². The highest BCUT2D eigenvalue weighted by atomic mass is 16.2. The van der Waals surface area contributed by atoms with Crippen LogP contribution in [-0.4, -0.2) is 37.0 Å². The van der Waals surface area contributed by atoms with Crippen molar-refractivity contribution >= 4 is 11.8 Å². The monoisotopic (exact) mass is 243 g/mol. The molecule has 100 valence electrons. The maximum absolute atomic E-state index is 11.4. The first-order valence-corrected chi connectivity index (χ1v) is 6.25. The van der Waals surface area contributed by atoms with Crippen molar-refractivity contribution in [2.45, 2.75) is 52.6 Å². The standard InChI is InChI=1S/C12H25N3O2/c1-5-13-10(4)8-12(17)14-7-6-11(16)15-9(2)3/h9-10,13H,5-8H2,1-4H3,(H,14,17)(H,15,16). The fraction of sp³-hybridized carbons (Fsp3) is 0.833. The van der Waals surface area contributed by atoms with Gasteiger partial charge in [-0.2, -0.15) is 0 Å². The molecule has 0 aliphatic rings. The Labute approximate surface area is 104 Å². The van der Waals surface area contributed by atoms with Crippen molar-refractivity contribution in [2.75, 3.05) is 13.1 Å². The highest BCUT2D eigenvalue weighted by molar-refractivity contribution is 5.79. The summed E-state index contributed by atoms with van der Waals surface area (Å²) in [7, 11) is 0. The van der Waals surface area contributed by atoms with Crippen molar-refractivity contribution in [1.29, 1.82) is 0 Å². The first kappa shape index (κ1) is 15.9. The van der Waals surface area contributed by atoms with Crippen LogP contribution in [-0.2, 0) is 9.59 Å². The minimum Gasteiger partial charge on any atom is -0.356 e. The number of hydrogen-bond donors (Lipinski definition) is 3. The molecular weight excluding hydrogens is 218 g/mol. The van der Waals surface area contributed by atoms with E-state index in [1.54, 1.807) is 0 Å². The summed E-state index contributed by atoms with van der Waals surface area (Å²) in [6.45, 7) is 9.05. The zero-order valence-corrected chi connectivity index (χ0v) is 11.3. The Morgan fingerprint density at radius 2 is 1.76 bits per heavy atom. The second-order valence-corrected chi connectivity index (χ2v) is 4.49. The molecule has 0 aromatic rings. The van der Waals surface area contributed by atoms with E-state index in [4.69, 9.17) is 0 Å². The predicted octanol–water partition coefficient (Wildman–Crippen LogP) is 0.405. The number of carbonyl (C=O) groups excluding carboxylic acids is 2. The summed E-state index contributed by atoms with van der Waals surface area (Å²) in [5.41, 5.74) is 0. The van der Waals surface area contributed by atoms with E-state index in [1.807, 2.05) is 27.7 Å². The van der Waals surface area contributed by atoms with Crippen LogP contribution in [0.15, 0.2) is 0 Å². The highest BCUT2D eigenvalue weighted by Crippen LogP contribution is 1.90. The molecule has 0 saturated carbocycles. The summed E-state index contributed by atoms with van der Waals surface area (Å²) < 4.78 is 0. The van der Waals surface area contributed by atoms with Gasteiger partial charge in [-0.25, -0.2) is 0 Å². The number of rotatable bonds is 8. The van der Waals surface area contributed by atoms with Gasteiger partial charge in [0.2, 0.25) is 11.8 Å². The van der Waals surface area contributed by atoms with Crippen LogP contribution in [0.25, 0.3) is 0 Å². The van der Waals surface area contributed by atoms with Crippen molar-refractivity contribution in [3.8, 4) is 0 Å². The Balaban J connectivity index is 3.60. The molecule has 0 saturated heterocycles. The highest BCUT2D eigenvalue weighted by Gasteiger charge is 2.08. The Morgan fingerprint density at radius 3 is 2.29 bits per heavy atom. The van der Waals surface area contributed by atoms with Crippen LogP contribution >= 0.6 is 0 Å². The summed E-state index contributed by atoms with van der Waals surface area (Å²) in [6.07, 6.45) is 0.777. The molecule has 0 radical (unpaired) electrons. The maximum Gasteiger partial charge on any atom is 0.221 e. The van der Waals surface area contributed by atoms with Gasteiger partial charge in [0.25, 0.3) is 0 Å². The summed E-state index contributed by atoms with van der Waals surface area (Å²) in [6, 6.07) is 0.316. The van der Waals surface area contributed by atoms with Crippen LogP contribution in [0.5, 0.6) is 0 Å². The molecule has 1 atom stereocenters. The third-order valence-electron chi connectivity index (χ3n) is 2.17. The van der Waals surface area contributed by atoms with Crippen LogP contribution in [0.2, 0.25) is 0 Å². The molecule has 0 aromatic heterocycles. The quantitative estimate of drug-likeness (QED) is 0.578. The normalized spacial score (nSPS) is 12.3. The minimum atomic E-state index is -0.0277. The molecule has 3 N–H and O–H groups in total. The minimum absolute atomic E-state index is 0.0178. The van der Waals surface area contributed by atoms with Gasteiger partial charge in [-0.3, -0.25) is 9.59 Å². The topological polar surface area (TPSA) is 70.2 Å². The van der Waals surface area contributed by atoms with E-state index in [0.29, 0.717) is 19.4 Å². The second-order valence-electron chi connectivity index (χ2n) is 4.49. The van der Waals surface area contributed by atoms with Crippen LogP contribution < -0.4 is 16.0 Å². The lowest BCUT2D eigenvalue weighted by atomic mass is 10.2. The lowest BCUT2D eigenvalue weighted by molar-refractivity contribution is -0.122. The summed E-state index contributed by atoms with van der Waals surface area (Å²) in [4.78, 5) is 22.7.